The number of anilines is 1. The average molecular weight is 335 g/mol. The number of aromatic nitrogens is 2. The molecule has 0 saturated heterocycles. The Bertz CT molecular complexity index is 878. The molecule has 0 unspecified atom stereocenters. The first-order valence-corrected chi connectivity index (χ1v) is 8.32. The van der Waals surface area contributed by atoms with Crippen LogP contribution in [0.3, 0.4) is 0 Å². The summed E-state index contributed by atoms with van der Waals surface area (Å²) in [4.78, 5) is 21.5. The summed E-state index contributed by atoms with van der Waals surface area (Å²) < 4.78 is 0. The van der Waals surface area contributed by atoms with E-state index in [9.17, 15) is 4.79 Å². The molecule has 1 heterocycles. The Kier molecular flexibility index (Phi) is 5.09. The van der Waals surface area contributed by atoms with Crippen molar-refractivity contribution in [3.63, 3.8) is 0 Å². The van der Waals surface area contributed by atoms with Crippen LogP contribution < -0.4 is 10.3 Å². The molecule has 0 aliphatic heterocycles. The summed E-state index contributed by atoms with van der Waals surface area (Å²) in [5.74, 6) is -0.257. The number of hydrogen-bond acceptors (Lipinski definition) is 4. The fourth-order valence-electron chi connectivity index (χ4n) is 2.67. The van der Waals surface area contributed by atoms with Gasteiger partial charge in [0.1, 0.15) is 0 Å². The highest BCUT2D eigenvalue weighted by molar-refractivity contribution is 5.97. The van der Waals surface area contributed by atoms with Crippen molar-refractivity contribution in [1.82, 2.24) is 15.4 Å². The third kappa shape index (κ3) is 3.85. The van der Waals surface area contributed by atoms with Crippen LogP contribution in [0.4, 0.5) is 5.69 Å². The Morgan fingerprint density at radius 3 is 2.68 bits per heavy atom. The zero-order valence-electron chi connectivity index (χ0n) is 14.4. The molecule has 0 saturated carbocycles. The molecule has 0 spiro atoms. The molecule has 2 N–H and O–H groups in total. The van der Waals surface area contributed by atoms with E-state index in [4.69, 9.17) is 0 Å². The van der Waals surface area contributed by atoms with Crippen LogP contribution in [-0.2, 0) is 0 Å². The molecule has 0 radical (unpaired) electrons. The molecule has 1 amide bonds. The van der Waals surface area contributed by atoms with E-state index in [0.29, 0.717) is 5.56 Å². The van der Waals surface area contributed by atoms with Gasteiger partial charge in [0.05, 0.1) is 23.6 Å². The van der Waals surface area contributed by atoms with Gasteiger partial charge in [-0.05, 0) is 49.7 Å². The molecule has 2 aromatic carbocycles. The number of hydrogen-bond donors (Lipinski definition) is 2. The first-order valence-electron chi connectivity index (χ1n) is 8.32. The van der Waals surface area contributed by atoms with Crippen molar-refractivity contribution in [2.24, 2.45) is 5.10 Å². The van der Waals surface area contributed by atoms with E-state index < -0.39 is 0 Å². The first-order chi connectivity index (χ1) is 12.2. The van der Waals surface area contributed by atoms with Gasteiger partial charge in [-0.25, -0.2) is 10.4 Å². The van der Waals surface area contributed by atoms with Gasteiger partial charge >= 0.3 is 0 Å². The van der Waals surface area contributed by atoms with E-state index in [1.165, 1.54) is 5.69 Å². The highest BCUT2D eigenvalue weighted by atomic mass is 16.2. The van der Waals surface area contributed by atoms with Crippen LogP contribution in [0, 0.1) is 0 Å². The van der Waals surface area contributed by atoms with Crippen LogP contribution in [0.2, 0.25) is 0 Å². The van der Waals surface area contributed by atoms with Crippen molar-refractivity contribution in [2.75, 3.05) is 18.0 Å². The second-order valence-electron chi connectivity index (χ2n) is 5.60. The molecule has 128 valence electrons. The summed E-state index contributed by atoms with van der Waals surface area (Å²) in [6, 6.07) is 13.4. The van der Waals surface area contributed by atoms with E-state index in [1.807, 2.05) is 12.1 Å². The van der Waals surface area contributed by atoms with Crippen LogP contribution in [0.15, 0.2) is 53.9 Å². The fraction of sp³-hybridized carbons (Fsp3) is 0.211. The Morgan fingerprint density at radius 1 is 1.20 bits per heavy atom. The number of aromatic amines is 1. The van der Waals surface area contributed by atoms with Crippen molar-refractivity contribution < 1.29 is 4.79 Å². The Hall–Kier alpha value is -3.15. The van der Waals surface area contributed by atoms with Gasteiger partial charge in [-0.1, -0.05) is 12.1 Å². The molecule has 0 fully saturated rings. The predicted octanol–water partition coefficient (Wildman–Crippen LogP) is 3.17. The van der Waals surface area contributed by atoms with Crippen molar-refractivity contribution >= 4 is 28.8 Å². The minimum Gasteiger partial charge on any atom is -0.372 e. The van der Waals surface area contributed by atoms with Gasteiger partial charge in [-0.15, -0.1) is 0 Å². The van der Waals surface area contributed by atoms with E-state index in [1.54, 1.807) is 30.7 Å². The molecule has 1 aromatic heterocycles. The van der Waals surface area contributed by atoms with Crippen molar-refractivity contribution in [3.05, 3.63) is 59.9 Å². The van der Waals surface area contributed by atoms with Crippen molar-refractivity contribution in [2.45, 2.75) is 13.8 Å². The number of benzene rings is 2. The molecule has 0 atom stereocenters. The first kappa shape index (κ1) is 16.7. The number of carbonyl (C=O) groups excluding carboxylic acids is 1. The minimum absolute atomic E-state index is 0.257. The maximum Gasteiger partial charge on any atom is 0.271 e. The number of carbonyl (C=O) groups is 1. The van der Waals surface area contributed by atoms with E-state index in [-0.39, 0.29) is 5.91 Å². The highest BCUT2D eigenvalue weighted by Gasteiger charge is 2.06. The SMILES string of the molecule is CCN(CC)c1ccc(/C=N\NC(=O)c2ccc3nc[nH]c3c2)cc1. The number of H-pyrrole nitrogens is 1. The summed E-state index contributed by atoms with van der Waals surface area (Å²) in [5, 5.41) is 4.04. The number of rotatable bonds is 6. The van der Waals surface area contributed by atoms with E-state index >= 15 is 0 Å². The fourth-order valence-corrected chi connectivity index (χ4v) is 2.67. The Balaban J connectivity index is 1.63. The molecule has 6 nitrogen and oxygen atoms in total. The van der Waals surface area contributed by atoms with Crippen LogP contribution in [0.1, 0.15) is 29.8 Å². The van der Waals surface area contributed by atoms with E-state index in [2.05, 4.69) is 51.4 Å². The molecule has 25 heavy (non-hydrogen) atoms. The van der Waals surface area contributed by atoms with E-state index in [0.717, 1.165) is 29.7 Å². The van der Waals surface area contributed by atoms with Gasteiger partial charge in [0.15, 0.2) is 0 Å². The summed E-state index contributed by atoms with van der Waals surface area (Å²) in [5.41, 5.74) is 6.84. The van der Waals surface area contributed by atoms with Crippen molar-refractivity contribution in [1.29, 1.82) is 0 Å². The summed E-state index contributed by atoms with van der Waals surface area (Å²) in [6.07, 6.45) is 3.24. The van der Waals surface area contributed by atoms with Gasteiger partial charge in [0.25, 0.3) is 5.91 Å². The highest BCUT2D eigenvalue weighted by Crippen LogP contribution is 2.14. The van der Waals surface area contributed by atoms with Gasteiger partial charge < -0.3 is 9.88 Å². The zero-order chi connectivity index (χ0) is 17.6. The maximum absolute atomic E-state index is 12.2. The number of amides is 1. The Morgan fingerprint density at radius 2 is 1.96 bits per heavy atom. The quantitative estimate of drug-likeness (QED) is 0.537. The van der Waals surface area contributed by atoms with Crippen molar-refractivity contribution in [3.8, 4) is 0 Å². The lowest BCUT2D eigenvalue weighted by molar-refractivity contribution is 0.0955. The minimum atomic E-state index is -0.257. The number of fused-ring (bicyclic) bond motifs is 1. The lowest BCUT2D eigenvalue weighted by Crippen LogP contribution is -2.21. The monoisotopic (exact) mass is 335 g/mol. The average Bonchev–Trinajstić information content (AvgIpc) is 3.11. The standard InChI is InChI=1S/C19H21N5O/c1-3-24(4-2)16-8-5-14(6-9-16)12-22-23-19(25)15-7-10-17-18(11-15)21-13-20-17/h5-13H,3-4H2,1-2H3,(H,20,21)(H,23,25)/b22-12-. The summed E-state index contributed by atoms with van der Waals surface area (Å²) in [6.45, 7) is 6.21. The van der Waals surface area contributed by atoms with Crippen LogP contribution in [-0.4, -0.2) is 35.2 Å². The third-order valence-corrected chi connectivity index (χ3v) is 4.08. The number of hydrazone groups is 1. The van der Waals surface area contributed by atoms with Crippen LogP contribution >= 0.6 is 0 Å². The Labute approximate surface area is 146 Å². The predicted molar refractivity (Wildman–Crippen MR) is 101 cm³/mol. The molecule has 0 aliphatic rings. The molecular weight excluding hydrogens is 314 g/mol. The number of nitrogens with zero attached hydrogens (tertiary/aromatic N) is 3. The third-order valence-electron chi connectivity index (χ3n) is 4.08. The summed E-state index contributed by atoms with van der Waals surface area (Å²) >= 11 is 0. The number of nitrogens with one attached hydrogen (secondary N) is 2. The zero-order valence-corrected chi connectivity index (χ0v) is 14.4. The molecule has 6 heteroatoms. The smallest absolute Gasteiger partial charge is 0.271 e. The molecular formula is C19H21N5O. The van der Waals surface area contributed by atoms with Gasteiger partial charge in [0.2, 0.25) is 0 Å². The topological polar surface area (TPSA) is 73.4 Å². The lowest BCUT2D eigenvalue weighted by atomic mass is 10.2. The molecule has 3 aromatic rings. The molecule has 0 aliphatic carbocycles. The van der Waals surface area contributed by atoms with Crippen LogP contribution in [0.5, 0.6) is 0 Å². The van der Waals surface area contributed by atoms with Gasteiger partial charge in [-0.3, -0.25) is 4.79 Å². The lowest BCUT2D eigenvalue weighted by Gasteiger charge is -2.20. The largest absolute Gasteiger partial charge is 0.372 e. The summed E-state index contributed by atoms with van der Waals surface area (Å²) in [7, 11) is 0. The normalized spacial score (nSPS) is 11.1. The maximum atomic E-state index is 12.2. The van der Waals surface area contributed by atoms with Gasteiger partial charge in [-0.2, -0.15) is 5.10 Å². The number of imidazole rings is 1. The van der Waals surface area contributed by atoms with Crippen LogP contribution in [0.25, 0.3) is 11.0 Å². The molecule has 0 bridgehead atoms. The van der Waals surface area contributed by atoms with Gasteiger partial charge in [0, 0.05) is 24.3 Å². The second-order valence-corrected chi connectivity index (χ2v) is 5.60. The molecule has 3 rings (SSSR count). The second kappa shape index (κ2) is 7.61.